The van der Waals surface area contributed by atoms with E-state index in [1.165, 1.54) is 385 Å². The molecule has 1 N–H and O–H groups in total. The second kappa shape index (κ2) is 71.2. The lowest BCUT2D eigenvalue weighted by Crippen LogP contribution is -2.28. The first-order valence-electron chi connectivity index (χ1n) is 37.1. The van der Waals surface area contributed by atoms with Crippen molar-refractivity contribution in [3.8, 4) is 0 Å². The van der Waals surface area contributed by atoms with Gasteiger partial charge in [-0.25, -0.2) is 0 Å². The Labute approximate surface area is 497 Å². The third-order valence-corrected chi connectivity index (χ3v) is 17.7. The summed E-state index contributed by atoms with van der Waals surface area (Å²) < 4.78 is 10.8. The Morgan fingerprint density at radius 2 is 0.392 bits per heavy atom. The van der Waals surface area contributed by atoms with Crippen LogP contribution in [0, 0.1) is 0 Å². The number of aliphatic hydroxyl groups is 1. The summed E-state index contributed by atoms with van der Waals surface area (Å²) in [4.78, 5) is 24.7. The fraction of sp³-hybridized carbons (Fsp3) is 0.973. The molecule has 0 fully saturated rings. The molecule has 0 amide bonds. The number of hydrogen-bond donors (Lipinski definition) is 1. The standard InChI is InChI=1S/C74H146O5/c1-3-5-7-9-11-13-15-17-19-21-23-25-27-29-31-32-33-34-35-36-37-38-39-40-41-42-43-45-47-49-51-53-55-57-59-61-63-65-67-69-74(77)79-72(70-75)71-78-73(76)68-66-64-62-60-58-56-54-52-50-48-46-44-30-28-26-24-22-20-18-16-14-12-10-8-6-4-2/h72,75H,3-71H2,1-2H3. The van der Waals surface area contributed by atoms with E-state index in [1.54, 1.807) is 0 Å². The van der Waals surface area contributed by atoms with Gasteiger partial charge in [0.2, 0.25) is 0 Å². The molecule has 5 nitrogen and oxygen atoms in total. The highest BCUT2D eigenvalue weighted by Gasteiger charge is 2.16. The van der Waals surface area contributed by atoms with E-state index in [2.05, 4.69) is 13.8 Å². The van der Waals surface area contributed by atoms with Gasteiger partial charge in [0.25, 0.3) is 0 Å². The normalized spacial score (nSPS) is 12.0. The number of rotatable bonds is 71. The van der Waals surface area contributed by atoms with E-state index < -0.39 is 6.10 Å². The van der Waals surface area contributed by atoms with Crippen LogP contribution in [0.15, 0.2) is 0 Å². The second-order valence-corrected chi connectivity index (χ2v) is 25.8. The zero-order chi connectivity index (χ0) is 56.9. The number of ether oxygens (including phenoxy) is 2. The topological polar surface area (TPSA) is 72.8 Å². The molecule has 1 unspecified atom stereocenters. The molecule has 79 heavy (non-hydrogen) atoms. The summed E-state index contributed by atoms with van der Waals surface area (Å²) in [5.41, 5.74) is 0. The fourth-order valence-electron chi connectivity index (χ4n) is 12.1. The van der Waals surface area contributed by atoms with Crippen molar-refractivity contribution in [3.05, 3.63) is 0 Å². The molecule has 0 aliphatic rings. The molecule has 1 atom stereocenters. The van der Waals surface area contributed by atoms with Crippen molar-refractivity contribution in [1.29, 1.82) is 0 Å². The van der Waals surface area contributed by atoms with Crippen molar-refractivity contribution < 1.29 is 24.2 Å². The van der Waals surface area contributed by atoms with Crippen LogP contribution >= 0.6 is 0 Å². The van der Waals surface area contributed by atoms with Crippen LogP contribution in [-0.4, -0.2) is 36.4 Å². The highest BCUT2D eigenvalue weighted by molar-refractivity contribution is 5.70. The maximum absolute atomic E-state index is 12.4. The van der Waals surface area contributed by atoms with E-state index in [9.17, 15) is 14.7 Å². The molecule has 0 aromatic rings. The number of carbonyl (C=O) groups excluding carboxylic acids is 2. The lowest BCUT2D eigenvalue weighted by atomic mass is 10.0. The molecule has 0 aromatic heterocycles. The zero-order valence-corrected chi connectivity index (χ0v) is 54.4. The first-order valence-corrected chi connectivity index (χ1v) is 37.1. The summed E-state index contributed by atoms with van der Waals surface area (Å²) >= 11 is 0. The molecule has 0 radical (unpaired) electrons. The van der Waals surface area contributed by atoms with Gasteiger partial charge in [0, 0.05) is 12.8 Å². The molecule has 0 aliphatic carbocycles. The van der Waals surface area contributed by atoms with Crippen molar-refractivity contribution in [2.45, 2.75) is 450 Å². The Morgan fingerprint density at radius 1 is 0.241 bits per heavy atom. The Hall–Kier alpha value is -1.10. The average molecular weight is 1120 g/mol. The Morgan fingerprint density at radius 3 is 0.557 bits per heavy atom. The van der Waals surface area contributed by atoms with Gasteiger partial charge in [-0.2, -0.15) is 0 Å². The number of unbranched alkanes of at least 4 members (excludes halogenated alkanes) is 63. The van der Waals surface area contributed by atoms with E-state index in [1.807, 2.05) is 0 Å². The number of carbonyl (C=O) groups is 2. The predicted molar refractivity (Wildman–Crippen MR) is 349 cm³/mol. The van der Waals surface area contributed by atoms with Crippen molar-refractivity contribution in [1.82, 2.24) is 0 Å². The Balaban J connectivity index is 3.33. The summed E-state index contributed by atoms with van der Waals surface area (Å²) in [6, 6.07) is 0. The van der Waals surface area contributed by atoms with Crippen molar-refractivity contribution in [2.24, 2.45) is 0 Å². The molecule has 472 valence electrons. The van der Waals surface area contributed by atoms with E-state index in [0.29, 0.717) is 12.8 Å². The van der Waals surface area contributed by atoms with Gasteiger partial charge >= 0.3 is 11.9 Å². The number of hydrogen-bond acceptors (Lipinski definition) is 5. The Kier molecular flexibility index (Phi) is 70.2. The first kappa shape index (κ1) is 77.9. The molecule has 0 heterocycles. The molecule has 0 aromatic carbocycles. The summed E-state index contributed by atoms with van der Waals surface area (Å²) in [6.45, 7) is 4.23. The summed E-state index contributed by atoms with van der Waals surface area (Å²) in [5.74, 6) is -0.557. The van der Waals surface area contributed by atoms with Gasteiger partial charge in [0.15, 0.2) is 6.10 Å². The van der Waals surface area contributed by atoms with E-state index in [4.69, 9.17) is 9.47 Å². The van der Waals surface area contributed by atoms with Crippen LogP contribution in [0.3, 0.4) is 0 Å². The summed E-state index contributed by atoms with van der Waals surface area (Å²) in [7, 11) is 0. The van der Waals surface area contributed by atoms with Gasteiger partial charge in [-0.15, -0.1) is 0 Å². The highest BCUT2D eigenvalue weighted by atomic mass is 16.6. The van der Waals surface area contributed by atoms with E-state index in [-0.39, 0.29) is 25.2 Å². The minimum absolute atomic E-state index is 0.0553. The quantitative estimate of drug-likeness (QED) is 0.0485. The molecule has 0 rings (SSSR count). The molecule has 0 spiro atoms. The highest BCUT2D eigenvalue weighted by Crippen LogP contribution is 2.20. The van der Waals surface area contributed by atoms with Crippen molar-refractivity contribution in [2.75, 3.05) is 13.2 Å². The van der Waals surface area contributed by atoms with Crippen LogP contribution in [0.1, 0.15) is 444 Å². The van der Waals surface area contributed by atoms with Crippen LogP contribution in [0.4, 0.5) is 0 Å². The smallest absolute Gasteiger partial charge is 0.306 e. The molecule has 0 bridgehead atoms. The maximum Gasteiger partial charge on any atom is 0.306 e. The second-order valence-electron chi connectivity index (χ2n) is 25.8. The molecule has 0 saturated carbocycles. The van der Waals surface area contributed by atoms with Crippen LogP contribution in [0.25, 0.3) is 0 Å². The van der Waals surface area contributed by atoms with Gasteiger partial charge in [-0.3, -0.25) is 9.59 Å². The minimum Gasteiger partial charge on any atom is -0.462 e. The molecule has 0 saturated heterocycles. The average Bonchev–Trinajstić information content (AvgIpc) is 3.45. The van der Waals surface area contributed by atoms with Crippen LogP contribution < -0.4 is 0 Å². The van der Waals surface area contributed by atoms with Crippen molar-refractivity contribution >= 4 is 11.9 Å². The molecule has 5 heteroatoms. The van der Waals surface area contributed by atoms with Crippen LogP contribution in [0.5, 0.6) is 0 Å². The van der Waals surface area contributed by atoms with Gasteiger partial charge in [0.05, 0.1) is 6.61 Å². The SMILES string of the molecule is CCCCCCCCCCCCCCCCCCCCCCCCCCCCCCCCCCCCCCCCCC(=O)OC(CO)COC(=O)CCCCCCCCCCCCCCCCCCCCCCCCCCCC. The van der Waals surface area contributed by atoms with Crippen molar-refractivity contribution in [3.63, 3.8) is 0 Å². The maximum atomic E-state index is 12.4. The third-order valence-electron chi connectivity index (χ3n) is 17.7. The lowest BCUT2D eigenvalue weighted by molar-refractivity contribution is -0.161. The third kappa shape index (κ3) is 69.3. The zero-order valence-electron chi connectivity index (χ0n) is 54.4. The van der Waals surface area contributed by atoms with Gasteiger partial charge in [-0.05, 0) is 12.8 Å². The van der Waals surface area contributed by atoms with Gasteiger partial charge < -0.3 is 14.6 Å². The number of esters is 2. The minimum atomic E-state index is -0.766. The van der Waals surface area contributed by atoms with Gasteiger partial charge in [0.1, 0.15) is 6.61 Å². The predicted octanol–water partition coefficient (Wildman–Crippen LogP) is 25.6. The van der Waals surface area contributed by atoms with Gasteiger partial charge in [-0.1, -0.05) is 418 Å². The van der Waals surface area contributed by atoms with Crippen LogP contribution in [-0.2, 0) is 19.1 Å². The fourth-order valence-corrected chi connectivity index (χ4v) is 12.1. The monoisotopic (exact) mass is 1120 g/mol. The first-order chi connectivity index (χ1) is 39.1. The number of aliphatic hydroxyl groups excluding tert-OH is 1. The van der Waals surface area contributed by atoms with E-state index in [0.717, 1.165) is 32.1 Å². The summed E-state index contributed by atoms with van der Waals surface area (Å²) in [5, 5.41) is 9.71. The molecular weight excluding hydrogens is 969 g/mol. The largest absolute Gasteiger partial charge is 0.462 e. The molecule has 0 aliphatic heterocycles. The lowest BCUT2D eigenvalue weighted by Gasteiger charge is -2.15. The molecular formula is C74H146O5. The van der Waals surface area contributed by atoms with Crippen LogP contribution in [0.2, 0.25) is 0 Å². The van der Waals surface area contributed by atoms with E-state index >= 15 is 0 Å². The Bertz CT molecular complexity index is 1120. The summed E-state index contributed by atoms with van der Waals surface area (Å²) in [6.07, 6.45) is 90.4.